The van der Waals surface area contributed by atoms with E-state index >= 15 is 0 Å². The van der Waals surface area contributed by atoms with E-state index < -0.39 is 0 Å². The Labute approximate surface area is 140 Å². The van der Waals surface area contributed by atoms with Gasteiger partial charge in [-0.05, 0) is 56.5 Å². The highest BCUT2D eigenvalue weighted by molar-refractivity contribution is 9.10. The largest absolute Gasteiger partial charge is 0.338 e. The smallest absolute Gasteiger partial charge is 0.253 e. The average Bonchev–Trinajstić information content (AvgIpc) is 2.46. The van der Waals surface area contributed by atoms with Crippen LogP contribution in [0.1, 0.15) is 36.5 Å². The van der Waals surface area contributed by atoms with Crippen LogP contribution in [-0.4, -0.2) is 37.0 Å². The van der Waals surface area contributed by atoms with Gasteiger partial charge in [-0.2, -0.15) is 0 Å². The standard InChI is InChI=1S/C16H22BrClN2O/c1-2-6-20(11-12-4-3-5-19-10-12)16(21)13-7-14(17)9-15(18)8-13/h7-9,12,19H,2-6,10-11H2,1H3. The van der Waals surface area contributed by atoms with Crippen molar-refractivity contribution >= 4 is 33.4 Å². The Morgan fingerprint density at radius 3 is 2.90 bits per heavy atom. The van der Waals surface area contributed by atoms with Crippen LogP contribution in [0, 0.1) is 5.92 Å². The van der Waals surface area contributed by atoms with Gasteiger partial charge >= 0.3 is 0 Å². The number of nitrogens with zero attached hydrogens (tertiary/aromatic N) is 1. The van der Waals surface area contributed by atoms with Crippen molar-refractivity contribution in [1.29, 1.82) is 0 Å². The summed E-state index contributed by atoms with van der Waals surface area (Å²) in [4.78, 5) is 14.7. The van der Waals surface area contributed by atoms with Crippen LogP contribution in [0.25, 0.3) is 0 Å². The molecule has 1 saturated heterocycles. The van der Waals surface area contributed by atoms with Gasteiger partial charge < -0.3 is 10.2 Å². The summed E-state index contributed by atoms with van der Waals surface area (Å²) in [5.41, 5.74) is 0.659. The van der Waals surface area contributed by atoms with Crippen molar-refractivity contribution in [3.05, 3.63) is 33.3 Å². The zero-order valence-corrected chi connectivity index (χ0v) is 14.7. The molecule has 1 aliphatic heterocycles. The Bertz CT molecular complexity index is 469. The Morgan fingerprint density at radius 2 is 2.29 bits per heavy atom. The van der Waals surface area contributed by atoms with Crippen LogP contribution < -0.4 is 5.32 Å². The molecule has 1 aromatic carbocycles. The van der Waals surface area contributed by atoms with Crippen molar-refractivity contribution in [2.75, 3.05) is 26.2 Å². The molecule has 21 heavy (non-hydrogen) atoms. The number of rotatable bonds is 5. The van der Waals surface area contributed by atoms with E-state index in [2.05, 4.69) is 28.2 Å². The van der Waals surface area contributed by atoms with E-state index in [1.165, 1.54) is 12.8 Å². The SMILES string of the molecule is CCCN(CC1CCCNC1)C(=O)c1cc(Cl)cc(Br)c1. The number of carbonyl (C=O) groups is 1. The van der Waals surface area contributed by atoms with Gasteiger partial charge in [0.25, 0.3) is 5.91 Å². The van der Waals surface area contributed by atoms with Crippen molar-refractivity contribution in [1.82, 2.24) is 10.2 Å². The van der Waals surface area contributed by atoms with Crippen molar-refractivity contribution in [3.8, 4) is 0 Å². The molecule has 1 fully saturated rings. The maximum Gasteiger partial charge on any atom is 0.253 e. The van der Waals surface area contributed by atoms with Crippen molar-refractivity contribution in [2.24, 2.45) is 5.92 Å². The van der Waals surface area contributed by atoms with Gasteiger partial charge in [0.05, 0.1) is 0 Å². The van der Waals surface area contributed by atoms with Crippen molar-refractivity contribution in [3.63, 3.8) is 0 Å². The van der Waals surface area contributed by atoms with Gasteiger partial charge in [0, 0.05) is 28.1 Å². The highest BCUT2D eigenvalue weighted by atomic mass is 79.9. The summed E-state index contributed by atoms with van der Waals surface area (Å²) in [7, 11) is 0. The first-order chi connectivity index (χ1) is 10.1. The molecule has 2 rings (SSSR count). The van der Waals surface area contributed by atoms with Crippen LogP contribution in [0.15, 0.2) is 22.7 Å². The zero-order valence-electron chi connectivity index (χ0n) is 12.4. The second kappa shape index (κ2) is 8.16. The lowest BCUT2D eigenvalue weighted by molar-refractivity contribution is 0.0718. The van der Waals surface area contributed by atoms with E-state index in [9.17, 15) is 4.79 Å². The molecule has 0 spiro atoms. The first-order valence-corrected chi connectivity index (χ1v) is 8.73. The lowest BCUT2D eigenvalue weighted by Crippen LogP contribution is -2.41. The zero-order chi connectivity index (χ0) is 15.2. The van der Waals surface area contributed by atoms with Crippen LogP contribution in [0.4, 0.5) is 0 Å². The molecule has 1 amide bonds. The van der Waals surface area contributed by atoms with Gasteiger partial charge in [-0.3, -0.25) is 4.79 Å². The van der Waals surface area contributed by atoms with Gasteiger partial charge in [0.15, 0.2) is 0 Å². The highest BCUT2D eigenvalue weighted by Crippen LogP contribution is 2.22. The molecule has 1 heterocycles. The van der Waals surface area contributed by atoms with E-state index in [0.29, 0.717) is 16.5 Å². The fourth-order valence-corrected chi connectivity index (χ4v) is 3.66. The summed E-state index contributed by atoms with van der Waals surface area (Å²) in [6.07, 6.45) is 3.36. The summed E-state index contributed by atoms with van der Waals surface area (Å²) in [6, 6.07) is 5.39. The Hall–Kier alpha value is -0.580. The van der Waals surface area contributed by atoms with E-state index in [1.807, 2.05) is 11.0 Å². The summed E-state index contributed by atoms with van der Waals surface area (Å²) < 4.78 is 0.842. The Kier molecular flexibility index (Phi) is 6.52. The van der Waals surface area contributed by atoms with Crippen LogP contribution in [0.2, 0.25) is 5.02 Å². The summed E-state index contributed by atoms with van der Waals surface area (Å²) in [5, 5.41) is 4.00. The van der Waals surface area contributed by atoms with E-state index in [-0.39, 0.29) is 5.91 Å². The molecule has 1 aliphatic rings. The predicted molar refractivity (Wildman–Crippen MR) is 90.9 cm³/mol. The van der Waals surface area contributed by atoms with Crippen LogP contribution in [0.3, 0.4) is 0 Å². The van der Waals surface area contributed by atoms with Crippen LogP contribution >= 0.6 is 27.5 Å². The van der Waals surface area contributed by atoms with E-state index in [0.717, 1.165) is 37.1 Å². The molecular formula is C16H22BrClN2O. The van der Waals surface area contributed by atoms with Gasteiger partial charge in [0.2, 0.25) is 0 Å². The predicted octanol–water partition coefficient (Wildman–Crippen LogP) is 3.95. The fraction of sp³-hybridized carbons (Fsp3) is 0.562. The lowest BCUT2D eigenvalue weighted by Gasteiger charge is -2.30. The summed E-state index contributed by atoms with van der Waals surface area (Å²) in [5.74, 6) is 0.627. The molecular weight excluding hydrogens is 352 g/mol. The number of nitrogens with one attached hydrogen (secondary N) is 1. The average molecular weight is 374 g/mol. The highest BCUT2D eigenvalue weighted by Gasteiger charge is 2.21. The first kappa shape index (κ1) is 16.8. The minimum atomic E-state index is 0.0747. The molecule has 0 aliphatic carbocycles. The number of piperidine rings is 1. The van der Waals surface area contributed by atoms with Gasteiger partial charge in [-0.15, -0.1) is 0 Å². The molecule has 5 heteroatoms. The summed E-state index contributed by atoms with van der Waals surface area (Å²) >= 11 is 9.46. The molecule has 1 atom stereocenters. The molecule has 1 unspecified atom stereocenters. The second-order valence-electron chi connectivity index (χ2n) is 5.62. The molecule has 3 nitrogen and oxygen atoms in total. The summed E-state index contributed by atoms with van der Waals surface area (Å²) in [6.45, 7) is 5.82. The van der Waals surface area contributed by atoms with Gasteiger partial charge in [-0.25, -0.2) is 0 Å². The molecule has 1 aromatic rings. The Balaban J connectivity index is 2.10. The Morgan fingerprint density at radius 1 is 1.48 bits per heavy atom. The number of amides is 1. The van der Waals surface area contributed by atoms with E-state index in [1.54, 1.807) is 12.1 Å². The second-order valence-corrected chi connectivity index (χ2v) is 6.97. The van der Waals surface area contributed by atoms with Crippen LogP contribution in [-0.2, 0) is 0 Å². The number of carbonyl (C=O) groups excluding carboxylic acids is 1. The fourth-order valence-electron chi connectivity index (χ4n) is 2.80. The normalized spacial score (nSPS) is 18.5. The van der Waals surface area contributed by atoms with Crippen molar-refractivity contribution < 1.29 is 4.79 Å². The minimum Gasteiger partial charge on any atom is -0.338 e. The van der Waals surface area contributed by atoms with Gasteiger partial charge in [0.1, 0.15) is 0 Å². The molecule has 0 aromatic heterocycles. The number of halogens is 2. The van der Waals surface area contributed by atoms with Crippen LogP contribution in [0.5, 0.6) is 0 Å². The third kappa shape index (κ3) is 4.97. The number of hydrogen-bond acceptors (Lipinski definition) is 2. The van der Waals surface area contributed by atoms with Gasteiger partial charge in [-0.1, -0.05) is 34.5 Å². The molecule has 116 valence electrons. The lowest BCUT2D eigenvalue weighted by atomic mass is 9.98. The maximum absolute atomic E-state index is 12.7. The third-order valence-electron chi connectivity index (χ3n) is 3.77. The van der Waals surface area contributed by atoms with E-state index in [4.69, 9.17) is 11.6 Å². The minimum absolute atomic E-state index is 0.0747. The first-order valence-electron chi connectivity index (χ1n) is 7.56. The molecule has 0 bridgehead atoms. The monoisotopic (exact) mass is 372 g/mol. The topological polar surface area (TPSA) is 32.3 Å². The molecule has 0 saturated carbocycles. The number of benzene rings is 1. The molecule has 1 N–H and O–H groups in total. The third-order valence-corrected chi connectivity index (χ3v) is 4.44. The maximum atomic E-state index is 12.7. The number of hydrogen-bond donors (Lipinski definition) is 1. The van der Waals surface area contributed by atoms with Crippen molar-refractivity contribution in [2.45, 2.75) is 26.2 Å². The molecule has 0 radical (unpaired) electrons. The quantitative estimate of drug-likeness (QED) is 0.847.